The van der Waals surface area contributed by atoms with Crippen molar-refractivity contribution in [2.24, 2.45) is 16.4 Å². The number of piperidine rings is 1. The number of hydrazone groups is 1. The van der Waals surface area contributed by atoms with Crippen LogP contribution in [-0.2, 0) is 17.6 Å². The van der Waals surface area contributed by atoms with Gasteiger partial charge in [-0.15, -0.1) is 0 Å². The number of halogens is 1. The van der Waals surface area contributed by atoms with Crippen LogP contribution in [0.3, 0.4) is 0 Å². The molecule has 34 heavy (non-hydrogen) atoms. The van der Waals surface area contributed by atoms with Gasteiger partial charge in [0.05, 0.1) is 11.4 Å². The predicted molar refractivity (Wildman–Crippen MR) is 139 cm³/mol. The largest absolute Gasteiger partial charge is 0.367 e. The molecular weight excluding hydrogens is 442 g/mol. The van der Waals surface area contributed by atoms with E-state index in [0.717, 1.165) is 37.2 Å². The van der Waals surface area contributed by atoms with Gasteiger partial charge in [0.25, 0.3) is 5.91 Å². The fraction of sp³-hybridized carbons (Fsp3) is 0.310. The number of benzene rings is 3. The minimum atomic E-state index is -0.649. The third-order valence-electron chi connectivity index (χ3n) is 7.96. The average molecular weight is 470 g/mol. The summed E-state index contributed by atoms with van der Waals surface area (Å²) in [4.78, 5) is 16.8. The number of para-hydroxylation sites is 1. The molecule has 1 fully saturated rings. The summed E-state index contributed by atoms with van der Waals surface area (Å²) in [7, 11) is 0. The fourth-order valence-corrected chi connectivity index (χ4v) is 6.38. The maximum Gasteiger partial charge on any atom is 0.261 e. The number of anilines is 2. The summed E-state index contributed by atoms with van der Waals surface area (Å²) in [5.41, 5.74) is 4.92. The molecule has 1 spiro atoms. The van der Waals surface area contributed by atoms with Crippen molar-refractivity contribution in [1.29, 1.82) is 0 Å². The number of fused-ring (bicyclic) bond motifs is 4. The summed E-state index contributed by atoms with van der Waals surface area (Å²) in [6.45, 7) is 3.00. The first kappa shape index (κ1) is 21.4. The van der Waals surface area contributed by atoms with Crippen LogP contribution in [0.5, 0.6) is 0 Å². The van der Waals surface area contributed by atoms with Gasteiger partial charge in [0.2, 0.25) is 0 Å². The smallest absolute Gasteiger partial charge is 0.261 e. The van der Waals surface area contributed by atoms with E-state index in [4.69, 9.17) is 16.7 Å². The Hall–Kier alpha value is -3.11. The number of amides is 1. The second kappa shape index (κ2) is 8.28. The number of carbonyl (C=O) groups excluding carboxylic acids is 1. The van der Waals surface area contributed by atoms with E-state index in [2.05, 4.69) is 59.5 Å². The molecule has 3 aliphatic heterocycles. The summed E-state index contributed by atoms with van der Waals surface area (Å²) >= 11 is 6.11. The highest BCUT2D eigenvalue weighted by Gasteiger charge is 2.59. The normalized spacial score (nSPS) is 25.8. The molecule has 1 saturated heterocycles. The van der Waals surface area contributed by atoms with Crippen molar-refractivity contribution in [3.05, 3.63) is 95.0 Å². The Morgan fingerprint density at radius 2 is 1.74 bits per heavy atom. The average Bonchev–Trinajstić information content (AvgIpc) is 3.11. The molecule has 3 heterocycles. The summed E-state index contributed by atoms with van der Waals surface area (Å²) in [6.07, 6.45) is 3.85. The van der Waals surface area contributed by atoms with Crippen LogP contribution < -0.4 is 9.91 Å². The molecule has 0 N–H and O–H groups in total. The molecule has 172 valence electrons. The molecule has 0 saturated carbocycles. The van der Waals surface area contributed by atoms with E-state index in [-0.39, 0.29) is 11.9 Å². The third kappa shape index (κ3) is 3.35. The van der Waals surface area contributed by atoms with E-state index < -0.39 is 5.41 Å². The zero-order chi connectivity index (χ0) is 23.3. The van der Waals surface area contributed by atoms with Gasteiger partial charge in [0.15, 0.2) is 0 Å². The lowest BCUT2D eigenvalue weighted by molar-refractivity contribution is -0.125. The van der Waals surface area contributed by atoms with Crippen LogP contribution in [0, 0.1) is 11.3 Å². The second-order valence-electron chi connectivity index (χ2n) is 9.84. The van der Waals surface area contributed by atoms with Crippen LogP contribution in [0.2, 0.25) is 5.02 Å². The van der Waals surface area contributed by atoms with Crippen LogP contribution in [0.25, 0.3) is 0 Å². The van der Waals surface area contributed by atoms with Crippen LogP contribution in [0.4, 0.5) is 11.4 Å². The zero-order valence-electron chi connectivity index (χ0n) is 19.3. The van der Waals surface area contributed by atoms with Crippen molar-refractivity contribution in [1.82, 2.24) is 0 Å². The Morgan fingerprint density at radius 1 is 1.00 bits per heavy atom. The van der Waals surface area contributed by atoms with Crippen molar-refractivity contribution in [2.75, 3.05) is 16.5 Å². The van der Waals surface area contributed by atoms with Gasteiger partial charge in [-0.3, -0.25) is 4.79 Å². The number of hydrogen-bond donors (Lipinski definition) is 0. The Labute approximate surface area is 205 Å². The van der Waals surface area contributed by atoms with Crippen molar-refractivity contribution >= 4 is 34.6 Å². The van der Waals surface area contributed by atoms with Gasteiger partial charge in [-0.2, -0.15) is 10.1 Å². The van der Waals surface area contributed by atoms with E-state index in [1.165, 1.54) is 16.8 Å². The summed E-state index contributed by atoms with van der Waals surface area (Å²) in [5, 5.41) is 7.11. The van der Waals surface area contributed by atoms with Crippen LogP contribution >= 0.6 is 11.6 Å². The van der Waals surface area contributed by atoms with Crippen molar-refractivity contribution in [3.63, 3.8) is 0 Å². The fourth-order valence-electron chi connectivity index (χ4n) is 6.26. The van der Waals surface area contributed by atoms with Gasteiger partial charge in [-0.1, -0.05) is 60.1 Å². The van der Waals surface area contributed by atoms with Gasteiger partial charge in [0, 0.05) is 23.3 Å². The molecule has 3 unspecified atom stereocenters. The number of carbonyl (C=O) groups is 1. The molecule has 0 radical (unpaired) electrons. The molecule has 3 atom stereocenters. The molecule has 3 aromatic carbocycles. The Balaban J connectivity index is 1.39. The molecular formula is C29H28ClN3O. The lowest BCUT2D eigenvalue weighted by Gasteiger charge is -2.52. The lowest BCUT2D eigenvalue weighted by Crippen LogP contribution is -2.62. The summed E-state index contributed by atoms with van der Waals surface area (Å²) in [6, 6.07) is 26.8. The quantitative estimate of drug-likeness (QED) is 0.462. The maximum atomic E-state index is 14.3. The van der Waals surface area contributed by atoms with Crippen LogP contribution in [-0.4, -0.2) is 24.2 Å². The minimum absolute atomic E-state index is 0.0807. The van der Waals surface area contributed by atoms with Gasteiger partial charge in [0.1, 0.15) is 5.41 Å². The Bertz CT molecular complexity index is 1260. The van der Waals surface area contributed by atoms with Crippen LogP contribution in [0.15, 0.2) is 84.0 Å². The number of hydrogen-bond acceptors (Lipinski definition) is 3. The Morgan fingerprint density at radius 3 is 2.53 bits per heavy atom. The molecule has 0 bridgehead atoms. The van der Waals surface area contributed by atoms with Gasteiger partial charge >= 0.3 is 0 Å². The minimum Gasteiger partial charge on any atom is -0.367 e. The molecule has 3 aromatic rings. The highest BCUT2D eigenvalue weighted by Crippen LogP contribution is 2.50. The van der Waals surface area contributed by atoms with Gasteiger partial charge in [-0.05, 0) is 80.0 Å². The first-order chi connectivity index (χ1) is 16.6. The van der Waals surface area contributed by atoms with E-state index in [0.29, 0.717) is 17.4 Å². The number of nitrogens with zero attached hydrogens (tertiary/aromatic N) is 3. The van der Waals surface area contributed by atoms with E-state index >= 15 is 0 Å². The van der Waals surface area contributed by atoms with Gasteiger partial charge in [-0.25, -0.2) is 0 Å². The lowest BCUT2D eigenvalue weighted by atomic mass is 9.64. The van der Waals surface area contributed by atoms with E-state index in [9.17, 15) is 4.79 Å². The van der Waals surface area contributed by atoms with E-state index in [1.807, 2.05) is 31.2 Å². The van der Waals surface area contributed by atoms with Crippen molar-refractivity contribution < 1.29 is 4.79 Å². The molecule has 0 aromatic heterocycles. The molecule has 3 aliphatic rings. The third-order valence-corrected chi connectivity index (χ3v) is 8.21. The molecule has 4 nitrogen and oxygen atoms in total. The van der Waals surface area contributed by atoms with E-state index in [1.54, 1.807) is 5.01 Å². The Kier molecular flexibility index (Phi) is 5.22. The first-order valence-corrected chi connectivity index (χ1v) is 12.5. The SMILES string of the molecule is CC1=NN(c2ccc(Cl)cc2)C(=O)C12Cc1ccccc1N1CCC(Cc3ccccc3)CC12. The predicted octanol–water partition coefficient (Wildman–Crippen LogP) is 6.13. The molecule has 0 aliphatic carbocycles. The first-order valence-electron chi connectivity index (χ1n) is 12.1. The summed E-state index contributed by atoms with van der Waals surface area (Å²) in [5.74, 6) is 0.619. The maximum absolute atomic E-state index is 14.3. The van der Waals surface area contributed by atoms with Crippen LogP contribution in [0.1, 0.15) is 30.9 Å². The zero-order valence-corrected chi connectivity index (χ0v) is 20.1. The highest BCUT2D eigenvalue weighted by atomic mass is 35.5. The number of rotatable bonds is 3. The molecule has 6 rings (SSSR count). The van der Waals surface area contributed by atoms with Crippen molar-refractivity contribution in [2.45, 2.75) is 38.6 Å². The molecule has 1 amide bonds. The second-order valence-corrected chi connectivity index (χ2v) is 10.3. The van der Waals surface area contributed by atoms with Crippen molar-refractivity contribution in [3.8, 4) is 0 Å². The monoisotopic (exact) mass is 469 g/mol. The summed E-state index contributed by atoms with van der Waals surface area (Å²) < 4.78 is 0. The highest BCUT2D eigenvalue weighted by molar-refractivity contribution is 6.30. The van der Waals surface area contributed by atoms with Gasteiger partial charge < -0.3 is 4.90 Å². The topological polar surface area (TPSA) is 35.9 Å². The molecule has 5 heteroatoms. The standard InChI is InChI=1S/C29H28ClN3O/c1-20-29(28(34)33(31-20)25-13-11-24(30)12-14-25)19-23-9-5-6-10-26(23)32-16-15-22(18-27(29)32)17-21-7-3-2-4-8-21/h2-14,22,27H,15-19H2,1H3.